The van der Waals surface area contributed by atoms with E-state index in [0.29, 0.717) is 19.6 Å². The fourth-order valence-electron chi connectivity index (χ4n) is 3.85. The number of nitrogens with zero attached hydrogens (tertiary/aromatic N) is 2. The Morgan fingerprint density at radius 2 is 2.29 bits per heavy atom. The summed E-state index contributed by atoms with van der Waals surface area (Å²) in [6.45, 7) is 1.87. The number of amides is 1. The molecule has 1 saturated heterocycles. The Hall–Kier alpha value is -2.15. The summed E-state index contributed by atoms with van der Waals surface area (Å²) in [5.41, 5.74) is 2.03. The van der Waals surface area contributed by atoms with Crippen molar-refractivity contribution in [1.82, 2.24) is 5.32 Å². The highest BCUT2D eigenvalue weighted by atomic mass is 16.6. The van der Waals surface area contributed by atoms with E-state index in [0.717, 1.165) is 37.1 Å². The van der Waals surface area contributed by atoms with Crippen LogP contribution in [0.2, 0.25) is 0 Å². The van der Waals surface area contributed by atoms with Crippen LogP contribution in [0, 0.1) is 16.0 Å². The zero-order chi connectivity index (χ0) is 17.1. The van der Waals surface area contributed by atoms with Gasteiger partial charge in [0.2, 0.25) is 5.91 Å². The number of anilines is 1. The summed E-state index contributed by atoms with van der Waals surface area (Å²) in [5.74, 6) is -0.155. The van der Waals surface area contributed by atoms with Crippen molar-refractivity contribution in [2.24, 2.45) is 5.92 Å². The smallest absolute Gasteiger partial charge is 0.269 e. The van der Waals surface area contributed by atoms with Crippen LogP contribution in [-0.4, -0.2) is 43.7 Å². The van der Waals surface area contributed by atoms with Crippen molar-refractivity contribution >= 4 is 17.3 Å². The Kier molecular flexibility index (Phi) is 4.99. The highest BCUT2D eigenvalue weighted by Crippen LogP contribution is 2.39. The Morgan fingerprint density at radius 3 is 3.04 bits per heavy atom. The normalized spacial score (nSPS) is 22.5. The first-order valence-electron chi connectivity index (χ1n) is 8.42. The largest absolute Gasteiger partial charge is 0.383 e. The summed E-state index contributed by atoms with van der Waals surface area (Å²) in [4.78, 5) is 25.6. The van der Waals surface area contributed by atoms with E-state index in [9.17, 15) is 14.9 Å². The first-order chi connectivity index (χ1) is 11.6. The third kappa shape index (κ3) is 3.21. The Balaban J connectivity index is 1.87. The van der Waals surface area contributed by atoms with Gasteiger partial charge in [-0.15, -0.1) is 0 Å². The second-order valence-electron chi connectivity index (χ2n) is 6.42. The standard InChI is InChI=1S/C17H23N3O4/c1-24-9-7-18-17(21)14-11-12-10-13(20(22)23)5-6-15(12)19-8-3-2-4-16(14)19/h5-6,10,14,16H,2-4,7-9,11H2,1H3,(H,18,21)/t14-,16-/m1/s1. The van der Waals surface area contributed by atoms with Gasteiger partial charge in [-0.25, -0.2) is 0 Å². The molecule has 0 saturated carbocycles. The van der Waals surface area contributed by atoms with E-state index < -0.39 is 0 Å². The number of fused-ring (bicyclic) bond motifs is 3. The minimum atomic E-state index is -0.379. The molecule has 0 aromatic heterocycles. The van der Waals surface area contributed by atoms with Gasteiger partial charge in [0, 0.05) is 44.1 Å². The van der Waals surface area contributed by atoms with E-state index in [-0.39, 0.29) is 28.5 Å². The molecule has 24 heavy (non-hydrogen) atoms. The van der Waals surface area contributed by atoms with Gasteiger partial charge in [0.05, 0.1) is 17.4 Å². The van der Waals surface area contributed by atoms with Gasteiger partial charge >= 0.3 is 0 Å². The number of carbonyl (C=O) groups excluding carboxylic acids is 1. The summed E-state index contributed by atoms with van der Waals surface area (Å²) >= 11 is 0. The zero-order valence-electron chi connectivity index (χ0n) is 13.9. The summed E-state index contributed by atoms with van der Waals surface area (Å²) in [6.07, 6.45) is 3.74. The van der Waals surface area contributed by atoms with E-state index in [2.05, 4.69) is 10.2 Å². The van der Waals surface area contributed by atoms with Crippen LogP contribution in [0.25, 0.3) is 0 Å². The van der Waals surface area contributed by atoms with E-state index in [4.69, 9.17) is 4.74 Å². The Labute approximate surface area is 141 Å². The quantitative estimate of drug-likeness (QED) is 0.505. The maximum Gasteiger partial charge on any atom is 0.269 e. The number of nitrogens with one attached hydrogen (secondary N) is 1. The molecule has 0 spiro atoms. The number of nitro benzene ring substituents is 1. The SMILES string of the molecule is COCCNC(=O)[C@@H]1Cc2cc([N+](=O)[O-])ccc2N2CCCC[C@H]12. The molecule has 1 N–H and O–H groups in total. The molecule has 7 nitrogen and oxygen atoms in total. The molecule has 3 rings (SSSR count). The third-order valence-electron chi connectivity index (χ3n) is 4.98. The monoisotopic (exact) mass is 333 g/mol. The third-order valence-corrected chi connectivity index (χ3v) is 4.98. The minimum Gasteiger partial charge on any atom is -0.383 e. The maximum atomic E-state index is 12.6. The lowest BCUT2D eigenvalue weighted by atomic mass is 9.80. The van der Waals surface area contributed by atoms with Crippen LogP contribution in [0.15, 0.2) is 18.2 Å². The van der Waals surface area contributed by atoms with Gasteiger partial charge in [0.1, 0.15) is 0 Å². The molecule has 0 bridgehead atoms. The van der Waals surface area contributed by atoms with Crippen molar-refractivity contribution in [2.75, 3.05) is 31.7 Å². The highest BCUT2D eigenvalue weighted by Gasteiger charge is 2.39. The van der Waals surface area contributed by atoms with Gasteiger partial charge in [-0.3, -0.25) is 14.9 Å². The molecule has 1 aromatic rings. The summed E-state index contributed by atoms with van der Waals surface area (Å²) < 4.78 is 4.98. The van der Waals surface area contributed by atoms with Crippen molar-refractivity contribution in [3.8, 4) is 0 Å². The summed E-state index contributed by atoms with van der Waals surface area (Å²) in [6, 6.07) is 5.19. The van der Waals surface area contributed by atoms with E-state index in [1.54, 1.807) is 19.2 Å². The van der Waals surface area contributed by atoms with Crippen LogP contribution >= 0.6 is 0 Å². The van der Waals surface area contributed by atoms with Gasteiger partial charge in [-0.05, 0) is 37.3 Å². The van der Waals surface area contributed by atoms with E-state index in [1.807, 2.05) is 6.07 Å². The number of methoxy groups -OCH3 is 1. The first-order valence-corrected chi connectivity index (χ1v) is 8.42. The topological polar surface area (TPSA) is 84.7 Å². The molecular weight excluding hydrogens is 310 g/mol. The molecule has 0 aliphatic carbocycles. The fourth-order valence-corrected chi connectivity index (χ4v) is 3.85. The number of carbonyl (C=O) groups is 1. The van der Waals surface area contributed by atoms with Crippen molar-refractivity contribution in [2.45, 2.75) is 31.7 Å². The second kappa shape index (κ2) is 7.17. The molecule has 7 heteroatoms. The highest BCUT2D eigenvalue weighted by molar-refractivity contribution is 5.82. The molecular formula is C17H23N3O4. The lowest BCUT2D eigenvalue weighted by Crippen LogP contribution is -2.53. The maximum absolute atomic E-state index is 12.6. The summed E-state index contributed by atoms with van der Waals surface area (Å²) in [5, 5.41) is 14.0. The number of ether oxygens (including phenoxy) is 1. The van der Waals surface area contributed by atoms with Gasteiger partial charge in [-0.1, -0.05) is 0 Å². The Bertz CT molecular complexity index is 634. The van der Waals surface area contributed by atoms with Gasteiger partial charge < -0.3 is 15.0 Å². The van der Waals surface area contributed by atoms with Crippen LogP contribution in [-0.2, 0) is 16.0 Å². The number of rotatable bonds is 5. The lowest BCUT2D eigenvalue weighted by Gasteiger charge is -2.45. The lowest BCUT2D eigenvalue weighted by molar-refractivity contribution is -0.384. The van der Waals surface area contributed by atoms with Crippen LogP contribution in [0.4, 0.5) is 11.4 Å². The molecule has 2 aliphatic rings. The van der Waals surface area contributed by atoms with E-state index in [1.165, 1.54) is 0 Å². The molecule has 0 unspecified atom stereocenters. The molecule has 2 heterocycles. The average Bonchev–Trinajstić information content (AvgIpc) is 2.60. The van der Waals surface area contributed by atoms with Crippen molar-refractivity contribution in [3.05, 3.63) is 33.9 Å². The summed E-state index contributed by atoms with van der Waals surface area (Å²) in [7, 11) is 1.60. The minimum absolute atomic E-state index is 0.0149. The number of non-ortho nitro benzene ring substituents is 1. The predicted molar refractivity (Wildman–Crippen MR) is 90.2 cm³/mol. The van der Waals surface area contributed by atoms with E-state index >= 15 is 0 Å². The van der Waals surface area contributed by atoms with Crippen molar-refractivity contribution in [3.63, 3.8) is 0 Å². The number of piperidine rings is 1. The number of hydrogen-bond acceptors (Lipinski definition) is 5. The van der Waals surface area contributed by atoms with Crippen molar-refractivity contribution in [1.29, 1.82) is 0 Å². The van der Waals surface area contributed by atoms with Crippen LogP contribution in [0.5, 0.6) is 0 Å². The van der Waals surface area contributed by atoms with Crippen LogP contribution in [0.3, 0.4) is 0 Å². The molecule has 1 aromatic carbocycles. The van der Waals surface area contributed by atoms with Crippen LogP contribution in [0.1, 0.15) is 24.8 Å². The molecule has 2 aliphatic heterocycles. The molecule has 1 fully saturated rings. The predicted octanol–water partition coefficient (Wildman–Crippen LogP) is 1.89. The van der Waals surface area contributed by atoms with Gasteiger partial charge in [-0.2, -0.15) is 0 Å². The first kappa shape index (κ1) is 16.7. The second-order valence-corrected chi connectivity index (χ2v) is 6.42. The van der Waals surface area contributed by atoms with Gasteiger partial charge in [0.25, 0.3) is 5.69 Å². The Morgan fingerprint density at radius 1 is 1.46 bits per heavy atom. The molecule has 0 radical (unpaired) electrons. The van der Waals surface area contributed by atoms with Gasteiger partial charge in [0.15, 0.2) is 0 Å². The number of nitro groups is 1. The number of hydrogen-bond donors (Lipinski definition) is 1. The average molecular weight is 333 g/mol. The zero-order valence-corrected chi connectivity index (χ0v) is 13.9. The molecule has 2 atom stereocenters. The molecule has 130 valence electrons. The van der Waals surface area contributed by atoms with Crippen molar-refractivity contribution < 1.29 is 14.5 Å². The molecule has 1 amide bonds. The van der Waals surface area contributed by atoms with Crippen LogP contribution < -0.4 is 10.2 Å². The number of benzene rings is 1. The fraction of sp³-hybridized carbons (Fsp3) is 0.588.